The fraction of sp³-hybridized carbons (Fsp3) is 0.500. The Bertz CT molecular complexity index is 461. The number of carbonyl (C=O) groups excluding carboxylic acids is 1. The van der Waals surface area contributed by atoms with Gasteiger partial charge in [-0.1, -0.05) is 40.4 Å². The van der Waals surface area contributed by atoms with Crippen molar-refractivity contribution in [3.63, 3.8) is 0 Å². The Morgan fingerprint density at radius 1 is 1.47 bits per heavy atom. The van der Waals surface area contributed by atoms with Crippen molar-refractivity contribution in [1.29, 1.82) is 0 Å². The molecule has 1 aromatic carbocycles. The number of hydrogen-bond donors (Lipinski definition) is 1. The first-order valence-electron chi connectivity index (χ1n) is 6.40. The number of nitrogens with one attached hydrogen (secondary N) is 1. The van der Waals surface area contributed by atoms with Gasteiger partial charge >= 0.3 is 5.97 Å². The van der Waals surface area contributed by atoms with Crippen LogP contribution >= 0.6 is 27.5 Å². The Morgan fingerprint density at radius 3 is 2.79 bits per heavy atom. The van der Waals surface area contributed by atoms with E-state index in [1.165, 1.54) is 20.0 Å². The highest BCUT2D eigenvalue weighted by molar-refractivity contribution is 9.10. The van der Waals surface area contributed by atoms with Crippen molar-refractivity contribution in [2.75, 3.05) is 7.11 Å². The van der Waals surface area contributed by atoms with Gasteiger partial charge < -0.3 is 4.74 Å². The summed E-state index contributed by atoms with van der Waals surface area (Å²) in [5, 5.41) is 3.94. The number of methoxy groups -OCH3 is 1. The third-order valence-electron chi connectivity index (χ3n) is 3.46. The molecule has 1 atom stereocenters. The first kappa shape index (κ1) is 14.8. The highest BCUT2D eigenvalue weighted by Crippen LogP contribution is 2.29. The maximum Gasteiger partial charge on any atom is 0.327 e. The summed E-state index contributed by atoms with van der Waals surface area (Å²) in [4.78, 5) is 12.0. The molecule has 0 spiro atoms. The van der Waals surface area contributed by atoms with Gasteiger partial charge in [-0.2, -0.15) is 0 Å². The van der Waals surface area contributed by atoms with E-state index in [0.717, 1.165) is 22.9 Å². The summed E-state index contributed by atoms with van der Waals surface area (Å²) in [6.45, 7) is 0. The molecule has 2 rings (SSSR count). The summed E-state index contributed by atoms with van der Waals surface area (Å²) < 4.78 is 5.79. The van der Waals surface area contributed by atoms with Crippen molar-refractivity contribution in [2.24, 2.45) is 0 Å². The molecule has 0 saturated heterocycles. The van der Waals surface area contributed by atoms with Gasteiger partial charge in [-0.3, -0.25) is 5.32 Å². The third-order valence-corrected chi connectivity index (χ3v) is 4.30. The normalized spacial score (nSPS) is 17.4. The fourth-order valence-corrected chi connectivity index (χ4v) is 3.07. The Kier molecular flexibility index (Phi) is 5.25. The van der Waals surface area contributed by atoms with E-state index in [1.807, 2.05) is 12.1 Å². The summed E-state index contributed by atoms with van der Waals surface area (Å²) in [5.74, 6) is -0.299. The molecular weight excluding hydrogens is 330 g/mol. The molecule has 1 fully saturated rings. The fourth-order valence-electron chi connectivity index (χ4n) is 2.47. The third kappa shape index (κ3) is 3.71. The number of esters is 1. The molecule has 5 heteroatoms. The van der Waals surface area contributed by atoms with Crippen LogP contribution in [0.2, 0.25) is 5.02 Å². The van der Waals surface area contributed by atoms with Crippen molar-refractivity contribution < 1.29 is 9.53 Å². The molecule has 104 valence electrons. The van der Waals surface area contributed by atoms with Crippen molar-refractivity contribution in [1.82, 2.24) is 5.32 Å². The maximum atomic E-state index is 12.0. The van der Waals surface area contributed by atoms with E-state index in [0.29, 0.717) is 11.1 Å². The molecule has 0 aliphatic heterocycles. The van der Waals surface area contributed by atoms with Gasteiger partial charge in [0.1, 0.15) is 6.04 Å². The van der Waals surface area contributed by atoms with Gasteiger partial charge in [-0.15, -0.1) is 0 Å². The molecule has 1 aliphatic carbocycles. The van der Waals surface area contributed by atoms with E-state index in [1.54, 1.807) is 6.07 Å². The molecule has 1 aliphatic rings. The molecule has 1 unspecified atom stereocenters. The lowest BCUT2D eigenvalue weighted by atomic mass is 10.1. The minimum absolute atomic E-state index is 0.299. The topological polar surface area (TPSA) is 38.3 Å². The zero-order valence-electron chi connectivity index (χ0n) is 10.8. The van der Waals surface area contributed by atoms with Crippen molar-refractivity contribution in [2.45, 2.75) is 37.8 Å². The van der Waals surface area contributed by atoms with Crippen LogP contribution in [-0.2, 0) is 9.53 Å². The smallest absolute Gasteiger partial charge is 0.327 e. The van der Waals surface area contributed by atoms with Crippen LogP contribution in [0.5, 0.6) is 0 Å². The van der Waals surface area contributed by atoms with Crippen LogP contribution in [0.25, 0.3) is 0 Å². The lowest BCUT2D eigenvalue weighted by molar-refractivity contribution is -0.143. The number of hydrogen-bond acceptors (Lipinski definition) is 3. The molecule has 0 aromatic heterocycles. The van der Waals surface area contributed by atoms with E-state index in [-0.39, 0.29) is 5.97 Å². The SMILES string of the molecule is COC(=O)C(NC1CCCC1)c1cc(Br)ccc1Cl. The van der Waals surface area contributed by atoms with Crippen LogP contribution in [0, 0.1) is 0 Å². The summed E-state index contributed by atoms with van der Waals surface area (Å²) in [6, 6.07) is 5.37. The lowest BCUT2D eigenvalue weighted by Crippen LogP contribution is -2.36. The minimum Gasteiger partial charge on any atom is -0.468 e. The number of carbonyl (C=O) groups is 1. The zero-order valence-corrected chi connectivity index (χ0v) is 13.1. The molecule has 1 aromatic rings. The van der Waals surface area contributed by atoms with Crippen LogP contribution in [0.15, 0.2) is 22.7 Å². The van der Waals surface area contributed by atoms with Gasteiger partial charge in [0, 0.05) is 15.5 Å². The first-order valence-corrected chi connectivity index (χ1v) is 7.57. The first-order chi connectivity index (χ1) is 9.11. The van der Waals surface area contributed by atoms with Crippen molar-refractivity contribution in [3.05, 3.63) is 33.3 Å². The Morgan fingerprint density at radius 2 is 2.16 bits per heavy atom. The van der Waals surface area contributed by atoms with Crippen LogP contribution in [0.1, 0.15) is 37.3 Å². The number of halogens is 2. The molecule has 0 heterocycles. The number of ether oxygens (including phenoxy) is 1. The van der Waals surface area contributed by atoms with E-state index < -0.39 is 6.04 Å². The quantitative estimate of drug-likeness (QED) is 0.842. The molecule has 1 saturated carbocycles. The van der Waals surface area contributed by atoms with E-state index in [2.05, 4.69) is 21.2 Å². The lowest BCUT2D eigenvalue weighted by Gasteiger charge is -2.22. The summed E-state index contributed by atoms with van der Waals surface area (Å²) in [7, 11) is 1.40. The van der Waals surface area contributed by atoms with Crippen LogP contribution < -0.4 is 5.32 Å². The molecule has 3 nitrogen and oxygen atoms in total. The van der Waals surface area contributed by atoms with Crippen molar-refractivity contribution >= 4 is 33.5 Å². The Balaban J connectivity index is 2.25. The van der Waals surface area contributed by atoms with E-state index in [4.69, 9.17) is 16.3 Å². The van der Waals surface area contributed by atoms with Gasteiger partial charge in [-0.25, -0.2) is 4.79 Å². The van der Waals surface area contributed by atoms with Crippen LogP contribution in [0.3, 0.4) is 0 Å². The highest BCUT2D eigenvalue weighted by Gasteiger charge is 2.28. The predicted molar refractivity (Wildman–Crippen MR) is 79.3 cm³/mol. The van der Waals surface area contributed by atoms with Gasteiger partial charge in [0.05, 0.1) is 7.11 Å². The standard InChI is InChI=1S/C14H17BrClNO2/c1-19-14(18)13(17-10-4-2-3-5-10)11-8-9(15)6-7-12(11)16/h6-8,10,13,17H,2-5H2,1H3. The molecule has 0 radical (unpaired) electrons. The maximum absolute atomic E-state index is 12.0. The molecule has 1 N–H and O–H groups in total. The second-order valence-electron chi connectivity index (χ2n) is 4.77. The summed E-state index contributed by atoms with van der Waals surface area (Å²) >= 11 is 9.62. The van der Waals surface area contributed by atoms with Gasteiger partial charge in [0.25, 0.3) is 0 Å². The molecule has 0 bridgehead atoms. The monoisotopic (exact) mass is 345 g/mol. The Labute approximate surface area is 126 Å². The van der Waals surface area contributed by atoms with Crippen LogP contribution in [-0.4, -0.2) is 19.1 Å². The second kappa shape index (κ2) is 6.73. The molecule has 0 amide bonds. The van der Waals surface area contributed by atoms with Crippen molar-refractivity contribution in [3.8, 4) is 0 Å². The minimum atomic E-state index is -0.502. The largest absolute Gasteiger partial charge is 0.468 e. The summed E-state index contributed by atoms with van der Waals surface area (Å²) in [5.41, 5.74) is 0.759. The predicted octanol–water partition coefficient (Wildman–Crippen LogP) is 3.85. The second-order valence-corrected chi connectivity index (χ2v) is 6.09. The zero-order chi connectivity index (χ0) is 13.8. The summed E-state index contributed by atoms with van der Waals surface area (Å²) in [6.07, 6.45) is 4.60. The van der Waals surface area contributed by atoms with E-state index >= 15 is 0 Å². The average molecular weight is 347 g/mol. The van der Waals surface area contributed by atoms with Gasteiger partial charge in [0.2, 0.25) is 0 Å². The van der Waals surface area contributed by atoms with E-state index in [9.17, 15) is 4.79 Å². The molecule has 19 heavy (non-hydrogen) atoms. The highest BCUT2D eigenvalue weighted by atomic mass is 79.9. The average Bonchev–Trinajstić information content (AvgIpc) is 2.91. The Hall–Kier alpha value is -0.580. The number of benzene rings is 1. The van der Waals surface area contributed by atoms with Crippen LogP contribution in [0.4, 0.5) is 0 Å². The molecular formula is C14H17BrClNO2. The number of rotatable bonds is 4. The van der Waals surface area contributed by atoms with Gasteiger partial charge in [-0.05, 0) is 36.6 Å². The van der Waals surface area contributed by atoms with Gasteiger partial charge in [0.15, 0.2) is 0 Å².